The molecule has 1 atom stereocenters. The van der Waals surface area contributed by atoms with Gasteiger partial charge in [-0.25, -0.2) is 15.0 Å². The molecular formula is C14H10F3N5O. The van der Waals surface area contributed by atoms with Crippen molar-refractivity contribution < 1.29 is 18.0 Å². The lowest BCUT2D eigenvalue weighted by atomic mass is 10.1. The number of halogens is 3. The number of hydrogen-bond donors (Lipinski definition) is 2. The number of alkyl halides is 3. The van der Waals surface area contributed by atoms with E-state index in [0.717, 1.165) is 0 Å². The van der Waals surface area contributed by atoms with E-state index in [1.165, 1.54) is 18.5 Å². The van der Waals surface area contributed by atoms with E-state index in [9.17, 15) is 18.0 Å². The van der Waals surface area contributed by atoms with Gasteiger partial charge in [0.25, 0.3) is 5.91 Å². The molecule has 1 aliphatic heterocycles. The number of nitrogens with zero attached hydrogens (tertiary/aromatic N) is 3. The van der Waals surface area contributed by atoms with Crippen LogP contribution in [0.2, 0.25) is 0 Å². The normalized spacial score (nSPS) is 20.8. The fourth-order valence-electron chi connectivity index (χ4n) is 2.05. The number of anilines is 1. The number of amidine groups is 1. The van der Waals surface area contributed by atoms with E-state index < -0.39 is 17.7 Å². The Morgan fingerprint density at radius 1 is 1.04 bits per heavy atom. The average Bonchev–Trinajstić information content (AvgIpc) is 2.87. The quantitative estimate of drug-likeness (QED) is 0.902. The van der Waals surface area contributed by atoms with Gasteiger partial charge in [-0.2, -0.15) is 13.2 Å². The Bertz CT molecular complexity index is 748. The molecule has 0 aliphatic carbocycles. The molecule has 0 saturated carbocycles. The van der Waals surface area contributed by atoms with Crippen molar-refractivity contribution >= 4 is 17.7 Å². The number of aromatic nitrogens is 2. The standard InChI is InChI=1S/C14H10F3N5O/c15-14(16,17)13(22-12-18-7-4-8-19-12)11(23)20-10(21-13)9-5-2-1-3-6-9/h1-8H,(H,18,19,22)(H,20,21,23). The predicted molar refractivity (Wildman–Crippen MR) is 75.6 cm³/mol. The summed E-state index contributed by atoms with van der Waals surface area (Å²) in [6.07, 6.45) is -2.46. The molecule has 0 bridgehead atoms. The summed E-state index contributed by atoms with van der Waals surface area (Å²) >= 11 is 0. The van der Waals surface area contributed by atoms with Crippen LogP contribution in [-0.2, 0) is 4.79 Å². The Morgan fingerprint density at radius 3 is 2.30 bits per heavy atom. The van der Waals surface area contributed by atoms with Crippen LogP contribution in [0.15, 0.2) is 53.8 Å². The van der Waals surface area contributed by atoms with Crippen LogP contribution in [0, 0.1) is 0 Å². The molecule has 2 N–H and O–H groups in total. The first-order valence-electron chi connectivity index (χ1n) is 6.51. The summed E-state index contributed by atoms with van der Waals surface area (Å²) in [5, 5.41) is 4.16. The Kier molecular flexibility index (Phi) is 3.47. The van der Waals surface area contributed by atoms with Crippen molar-refractivity contribution in [1.29, 1.82) is 0 Å². The number of nitrogens with one attached hydrogen (secondary N) is 2. The Hall–Kier alpha value is -2.97. The van der Waals surface area contributed by atoms with E-state index in [-0.39, 0.29) is 11.8 Å². The lowest BCUT2D eigenvalue weighted by molar-refractivity contribution is -0.181. The van der Waals surface area contributed by atoms with E-state index in [2.05, 4.69) is 20.3 Å². The van der Waals surface area contributed by atoms with Gasteiger partial charge in [-0.15, -0.1) is 0 Å². The van der Waals surface area contributed by atoms with Gasteiger partial charge >= 0.3 is 11.8 Å². The molecule has 1 aromatic heterocycles. The lowest BCUT2D eigenvalue weighted by Gasteiger charge is -2.26. The van der Waals surface area contributed by atoms with E-state index in [1.54, 1.807) is 30.3 Å². The lowest BCUT2D eigenvalue weighted by Crippen LogP contribution is -2.57. The Labute approximate surface area is 128 Å². The van der Waals surface area contributed by atoms with Gasteiger partial charge in [0.2, 0.25) is 5.95 Å². The number of rotatable bonds is 3. The molecule has 23 heavy (non-hydrogen) atoms. The fraction of sp³-hybridized carbons (Fsp3) is 0.143. The summed E-state index contributed by atoms with van der Waals surface area (Å²) in [6.45, 7) is 0. The third kappa shape index (κ3) is 2.60. The highest BCUT2D eigenvalue weighted by atomic mass is 19.4. The van der Waals surface area contributed by atoms with Gasteiger partial charge in [0.05, 0.1) is 0 Å². The summed E-state index contributed by atoms with van der Waals surface area (Å²) in [4.78, 5) is 23.0. The van der Waals surface area contributed by atoms with E-state index in [0.29, 0.717) is 5.56 Å². The van der Waals surface area contributed by atoms with Crippen LogP contribution in [0.25, 0.3) is 0 Å². The zero-order valence-electron chi connectivity index (χ0n) is 11.5. The summed E-state index contributed by atoms with van der Waals surface area (Å²) in [5.41, 5.74) is -2.80. The minimum atomic E-state index is -4.98. The average molecular weight is 321 g/mol. The molecule has 1 unspecified atom stereocenters. The number of carbonyl (C=O) groups excluding carboxylic acids is 1. The highest BCUT2D eigenvalue weighted by Gasteiger charge is 2.64. The van der Waals surface area contributed by atoms with Crippen LogP contribution in [0.3, 0.4) is 0 Å². The zero-order valence-corrected chi connectivity index (χ0v) is 11.5. The van der Waals surface area contributed by atoms with E-state index >= 15 is 0 Å². The first-order valence-corrected chi connectivity index (χ1v) is 6.51. The highest BCUT2D eigenvalue weighted by Crippen LogP contribution is 2.37. The van der Waals surface area contributed by atoms with Crippen LogP contribution < -0.4 is 10.6 Å². The SMILES string of the molecule is O=C1NC(c2ccccc2)=NC1(Nc1ncccn1)C(F)(F)F. The van der Waals surface area contributed by atoms with Crippen molar-refractivity contribution in [1.82, 2.24) is 15.3 Å². The second-order valence-electron chi connectivity index (χ2n) is 4.69. The first-order chi connectivity index (χ1) is 10.9. The van der Waals surface area contributed by atoms with Gasteiger partial charge in [-0.3, -0.25) is 4.79 Å². The van der Waals surface area contributed by atoms with Gasteiger partial charge in [0.1, 0.15) is 5.84 Å². The van der Waals surface area contributed by atoms with Crippen molar-refractivity contribution in [2.75, 3.05) is 5.32 Å². The molecule has 1 aliphatic rings. The maximum absolute atomic E-state index is 13.6. The summed E-state index contributed by atoms with van der Waals surface area (Å²) in [6, 6.07) is 9.50. The summed E-state index contributed by atoms with van der Waals surface area (Å²) in [5.74, 6) is -1.86. The Balaban J connectivity index is 2.06. The second kappa shape index (κ2) is 5.34. The van der Waals surface area contributed by atoms with Crippen molar-refractivity contribution in [3.8, 4) is 0 Å². The number of carbonyl (C=O) groups is 1. The number of aliphatic imine (C=N–C) groups is 1. The van der Waals surface area contributed by atoms with Gasteiger partial charge < -0.3 is 10.6 Å². The number of benzene rings is 1. The van der Waals surface area contributed by atoms with Gasteiger partial charge in [0.15, 0.2) is 0 Å². The molecule has 1 aromatic carbocycles. The van der Waals surface area contributed by atoms with Crippen molar-refractivity contribution in [3.63, 3.8) is 0 Å². The molecule has 6 nitrogen and oxygen atoms in total. The third-order valence-corrected chi connectivity index (χ3v) is 3.16. The molecule has 118 valence electrons. The monoisotopic (exact) mass is 321 g/mol. The molecule has 9 heteroatoms. The molecule has 0 fully saturated rings. The topological polar surface area (TPSA) is 79.3 Å². The van der Waals surface area contributed by atoms with Crippen LogP contribution in [-0.4, -0.2) is 33.5 Å². The maximum atomic E-state index is 13.6. The molecule has 2 heterocycles. The van der Waals surface area contributed by atoms with Crippen molar-refractivity contribution in [3.05, 3.63) is 54.4 Å². The van der Waals surface area contributed by atoms with Gasteiger partial charge in [0, 0.05) is 18.0 Å². The number of amides is 1. The summed E-state index contributed by atoms with van der Waals surface area (Å²) < 4.78 is 40.7. The van der Waals surface area contributed by atoms with E-state index in [4.69, 9.17) is 0 Å². The first kappa shape index (κ1) is 14.9. The third-order valence-electron chi connectivity index (χ3n) is 3.16. The van der Waals surface area contributed by atoms with E-state index in [1.807, 2.05) is 5.32 Å². The molecule has 2 aromatic rings. The maximum Gasteiger partial charge on any atom is 0.442 e. The molecule has 0 radical (unpaired) electrons. The Morgan fingerprint density at radius 2 is 1.70 bits per heavy atom. The second-order valence-corrected chi connectivity index (χ2v) is 4.69. The smallest absolute Gasteiger partial charge is 0.314 e. The van der Waals surface area contributed by atoms with Gasteiger partial charge in [-0.05, 0) is 6.07 Å². The molecular weight excluding hydrogens is 311 g/mol. The largest absolute Gasteiger partial charge is 0.442 e. The predicted octanol–water partition coefficient (Wildman–Crippen LogP) is 1.72. The zero-order chi connectivity index (χ0) is 16.5. The molecule has 0 saturated heterocycles. The molecule has 0 spiro atoms. The molecule has 1 amide bonds. The number of hydrogen-bond acceptors (Lipinski definition) is 5. The fourth-order valence-corrected chi connectivity index (χ4v) is 2.05. The highest BCUT2D eigenvalue weighted by molar-refractivity contribution is 6.16. The van der Waals surface area contributed by atoms with Gasteiger partial charge in [-0.1, -0.05) is 30.3 Å². The van der Waals surface area contributed by atoms with Crippen LogP contribution in [0.1, 0.15) is 5.56 Å². The molecule has 3 rings (SSSR count). The van der Waals surface area contributed by atoms with Crippen LogP contribution in [0.5, 0.6) is 0 Å². The minimum Gasteiger partial charge on any atom is -0.314 e. The van der Waals surface area contributed by atoms with Crippen LogP contribution in [0.4, 0.5) is 19.1 Å². The van der Waals surface area contributed by atoms with Crippen LogP contribution >= 0.6 is 0 Å². The van der Waals surface area contributed by atoms with Crippen molar-refractivity contribution in [2.45, 2.75) is 11.8 Å². The van der Waals surface area contributed by atoms with Crippen molar-refractivity contribution in [2.24, 2.45) is 4.99 Å². The minimum absolute atomic E-state index is 0.170. The summed E-state index contributed by atoms with van der Waals surface area (Å²) in [7, 11) is 0.